The molecule has 0 unspecified atom stereocenters. The predicted molar refractivity (Wildman–Crippen MR) is 80.9 cm³/mol. The maximum absolute atomic E-state index is 6.19. The molecule has 0 atom stereocenters. The molecule has 0 aliphatic carbocycles. The molecule has 0 aromatic heterocycles. The van der Waals surface area contributed by atoms with Gasteiger partial charge in [0.25, 0.3) is 0 Å². The van der Waals surface area contributed by atoms with Crippen LogP contribution >= 0.6 is 11.6 Å². The first-order valence-electron chi connectivity index (χ1n) is 6.50. The molecule has 0 radical (unpaired) electrons. The second kappa shape index (κ2) is 6.55. The monoisotopic (exact) mass is 259 g/mol. The van der Waals surface area contributed by atoms with Crippen molar-refractivity contribution in [2.24, 2.45) is 4.99 Å². The summed E-state index contributed by atoms with van der Waals surface area (Å²) in [7, 11) is 0. The number of halogens is 1. The van der Waals surface area contributed by atoms with Crippen LogP contribution in [-0.4, -0.2) is 12.8 Å². The lowest BCUT2D eigenvalue weighted by Gasteiger charge is -2.03. The molecule has 1 nitrogen and oxygen atoms in total. The first kappa shape index (κ1) is 13.1. The maximum atomic E-state index is 6.19. The highest BCUT2D eigenvalue weighted by Crippen LogP contribution is 2.25. The molecule has 0 saturated heterocycles. The van der Waals surface area contributed by atoms with Crippen LogP contribution in [0.2, 0.25) is 5.02 Å². The summed E-state index contributed by atoms with van der Waals surface area (Å²) >= 11 is 6.19. The second-order valence-electron chi connectivity index (χ2n) is 4.42. The van der Waals surface area contributed by atoms with Crippen LogP contribution in [0.25, 0.3) is 10.8 Å². The quantitative estimate of drug-likeness (QED) is 0.523. The SMILES string of the molecule is CCCCCN=Cc1ccc(Cl)c2ccccc12. The van der Waals surface area contributed by atoms with Crippen molar-refractivity contribution in [3.63, 3.8) is 0 Å². The molecule has 0 fully saturated rings. The third-order valence-corrected chi connectivity index (χ3v) is 3.36. The number of benzene rings is 2. The molecular formula is C16H18ClN. The predicted octanol–water partition coefficient (Wildman–Crippen LogP) is 5.10. The van der Waals surface area contributed by atoms with Crippen molar-refractivity contribution in [2.75, 3.05) is 6.54 Å². The Balaban J connectivity index is 2.21. The van der Waals surface area contributed by atoms with Gasteiger partial charge in [-0.2, -0.15) is 0 Å². The molecule has 0 aliphatic rings. The summed E-state index contributed by atoms with van der Waals surface area (Å²) in [4.78, 5) is 4.49. The van der Waals surface area contributed by atoms with Crippen LogP contribution in [0.1, 0.15) is 31.7 Å². The molecule has 2 aromatic carbocycles. The molecule has 2 heteroatoms. The molecule has 0 spiro atoms. The molecule has 18 heavy (non-hydrogen) atoms. The van der Waals surface area contributed by atoms with Gasteiger partial charge in [-0.1, -0.05) is 61.7 Å². The van der Waals surface area contributed by atoms with E-state index in [2.05, 4.69) is 18.0 Å². The minimum absolute atomic E-state index is 0.800. The smallest absolute Gasteiger partial charge is 0.0484 e. The Kier molecular flexibility index (Phi) is 4.77. The number of unbranched alkanes of at least 4 members (excludes halogenated alkanes) is 2. The Labute approximate surface area is 114 Å². The van der Waals surface area contributed by atoms with Gasteiger partial charge in [0.15, 0.2) is 0 Å². The van der Waals surface area contributed by atoms with E-state index in [0.717, 1.165) is 22.5 Å². The highest BCUT2D eigenvalue weighted by atomic mass is 35.5. The molecule has 0 N–H and O–H groups in total. The standard InChI is InChI=1S/C16H18ClN/c1-2-3-6-11-18-12-13-9-10-16(17)15-8-5-4-7-14(13)15/h4-5,7-10,12H,2-3,6,11H2,1H3. The Morgan fingerprint density at radius 2 is 1.83 bits per heavy atom. The van der Waals surface area contributed by atoms with E-state index in [-0.39, 0.29) is 0 Å². The van der Waals surface area contributed by atoms with Gasteiger partial charge >= 0.3 is 0 Å². The maximum Gasteiger partial charge on any atom is 0.0484 e. The lowest BCUT2D eigenvalue weighted by molar-refractivity contribution is 0.729. The number of aliphatic imine (C=N–C) groups is 1. The van der Waals surface area contributed by atoms with Gasteiger partial charge in [0.05, 0.1) is 0 Å². The Morgan fingerprint density at radius 1 is 1.06 bits per heavy atom. The van der Waals surface area contributed by atoms with Crippen LogP contribution in [0.5, 0.6) is 0 Å². The van der Waals surface area contributed by atoms with E-state index in [1.54, 1.807) is 0 Å². The van der Waals surface area contributed by atoms with Crippen molar-refractivity contribution < 1.29 is 0 Å². The van der Waals surface area contributed by atoms with Crippen LogP contribution in [0.4, 0.5) is 0 Å². The zero-order chi connectivity index (χ0) is 12.8. The lowest BCUT2D eigenvalue weighted by Crippen LogP contribution is -1.87. The summed E-state index contributed by atoms with van der Waals surface area (Å²) in [6.07, 6.45) is 5.62. The molecule has 0 amide bonds. The number of fused-ring (bicyclic) bond motifs is 1. The van der Waals surface area contributed by atoms with Gasteiger partial charge in [0, 0.05) is 28.7 Å². The van der Waals surface area contributed by atoms with Crippen molar-refractivity contribution in [3.8, 4) is 0 Å². The van der Waals surface area contributed by atoms with Crippen LogP contribution < -0.4 is 0 Å². The summed E-state index contributed by atoms with van der Waals surface area (Å²) in [5.74, 6) is 0. The zero-order valence-electron chi connectivity index (χ0n) is 10.7. The average molecular weight is 260 g/mol. The number of hydrogen-bond acceptors (Lipinski definition) is 1. The number of rotatable bonds is 5. The lowest BCUT2D eigenvalue weighted by atomic mass is 10.1. The summed E-state index contributed by atoms with van der Waals surface area (Å²) in [6, 6.07) is 12.2. The van der Waals surface area contributed by atoms with Gasteiger partial charge in [-0.25, -0.2) is 0 Å². The fourth-order valence-electron chi connectivity index (χ4n) is 2.01. The summed E-state index contributed by atoms with van der Waals surface area (Å²) in [5.41, 5.74) is 1.14. The molecule has 2 aromatic rings. The Morgan fingerprint density at radius 3 is 2.61 bits per heavy atom. The minimum atomic E-state index is 0.800. The highest BCUT2D eigenvalue weighted by molar-refractivity contribution is 6.36. The highest BCUT2D eigenvalue weighted by Gasteiger charge is 2.01. The van der Waals surface area contributed by atoms with Gasteiger partial charge in [0.1, 0.15) is 0 Å². The molecule has 0 bridgehead atoms. The van der Waals surface area contributed by atoms with E-state index < -0.39 is 0 Å². The third-order valence-electron chi connectivity index (χ3n) is 3.03. The first-order valence-corrected chi connectivity index (χ1v) is 6.88. The van der Waals surface area contributed by atoms with E-state index in [4.69, 9.17) is 11.6 Å². The molecule has 0 aliphatic heterocycles. The minimum Gasteiger partial charge on any atom is -0.293 e. The van der Waals surface area contributed by atoms with Crippen molar-refractivity contribution in [1.29, 1.82) is 0 Å². The summed E-state index contributed by atoms with van der Waals surface area (Å²) in [5, 5.41) is 3.06. The van der Waals surface area contributed by atoms with E-state index in [1.807, 2.05) is 36.5 Å². The van der Waals surface area contributed by atoms with Crippen molar-refractivity contribution in [3.05, 3.63) is 47.0 Å². The van der Waals surface area contributed by atoms with E-state index in [1.165, 1.54) is 24.6 Å². The normalized spacial score (nSPS) is 11.4. The van der Waals surface area contributed by atoms with Gasteiger partial charge < -0.3 is 0 Å². The van der Waals surface area contributed by atoms with Crippen LogP contribution in [0.3, 0.4) is 0 Å². The van der Waals surface area contributed by atoms with Crippen molar-refractivity contribution in [2.45, 2.75) is 26.2 Å². The molecule has 0 saturated carbocycles. The Hall–Kier alpha value is -1.34. The molecule has 0 heterocycles. The van der Waals surface area contributed by atoms with Crippen LogP contribution in [0, 0.1) is 0 Å². The zero-order valence-corrected chi connectivity index (χ0v) is 11.5. The largest absolute Gasteiger partial charge is 0.293 e. The fraction of sp³-hybridized carbons (Fsp3) is 0.312. The first-order chi connectivity index (χ1) is 8.83. The van der Waals surface area contributed by atoms with Gasteiger partial charge in [-0.15, -0.1) is 0 Å². The third kappa shape index (κ3) is 3.11. The van der Waals surface area contributed by atoms with Gasteiger partial charge in [-0.3, -0.25) is 4.99 Å². The van der Waals surface area contributed by atoms with E-state index in [9.17, 15) is 0 Å². The molecule has 2 rings (SSSR count). The fourth-order valence-corrected chi connectivity index (χ4v) is 2.24. The molecule has 94 valence electrons. The number of nitrogens with zero attached hydrogens (tertiary/aromatic N) is 1. The van der Waals surface area contributed by atoms with Crippen LogP contribution in [-0.2, 0) is 0 Å². The van der Waals surface area contributed by atoms with Gasteiger partial charge in [-0.05, 0) is 17.9 Å². The van der Waals surface area contributed by atoms with Crippen molar-refractivity contribution in [1.82, 2.24) is 0 Å². The van der Waals surface area contributed by atoms with Crippen molar-refractivity contribution >= 4 is 28.6 Å². The average Bonchev–Trinajstić information content (AvgIpc) is 2.41. The van der Waals surface area contributed by atoms with Gasteiger partial charge in [0.2, 0.25) is 0 Å². The molecular weight excluding hydrogens is 242 g/mol. The number of hydrogen-bond donors (Lipinski definition) is 0. The topological polar surface area (TPSA) is 12.4 Å². The second-order valence-corrected chi connectivity index (χ2v) is 4.83. The summed E-state index contributed by atoms with van der Waals surface area (Å²) in [6.45, 7) is 3.11. The van der Waals surface area contributed by atoms with E-state index >= 15 is 0 Å². The van der Waals surface area contributed by atoms with Crippen LogP contribution in [0.15, 0.2) is 41.4 Å². The summed E-state index contributed by atoms with van der Waals surface area (Å²) < 4.78 is 0. The Bertz CT molecular complexity index is 546. The van der Waals surface area contributed by atoms with E-state index in [0.29, 0.717) is 0 Å².